The van der Waals surface area contributed by atoms with Gasteiger partial charge in [-0.25, -0.2) is 9.78 Å². The number of hydrogen-bond acceptors (Lipinski definition) is 6. The number of fused-ring (bicyclic) bond motifs is 1. The van der Waals surface area contributed by atoms with Crippen LogP contribution in [0.2, 0.25) is 5.02 Å². The van der Waals surface area contributed by atoms with Crippen molar-refractivity contribution in [2.24, 2.45) is 0 Å². The van der Waals surface area contributed by atoms with Gasteiger partial charge in [-0.3, -0.25) is 14.3 Å². The molecule has 4 aromatic rings. The fraction of sp³-hybridized carbons (Fsp3) is 0.261. The second-order valence-electron chi connectivity index (χ2n) is 7.28. The van der Waals surface area contributed by atoms with Crippen LogP contribution in [0.5, 0.6) is 11.5 Å². The zero-order valence-electron chi connectivity index (χ0n) is 18.4. The standard InChI is InChI=1S/C23H23ClN4O5/c1-31-10-9-27-18-21(25-20(27)15-11-16(24)19(33-3)17(12-15)32-2)28(23(30)26-22(18)29)13-14-7-5-4-6-8-14/h4-8,11-12H,9-10,13H2,1-3H3,(H,26,29,30). The molecule has 10 heteroatoms. The molecular weight excluding hydrogens is 448 g/mol. The van der Waals surface area contributed by atoms with E-state index in [1.807, 2.05) is 30.3 Å². The third kappa shape index (κ3) is 4.24. The molecule has 33 heavy (non-hydrogen) atoms. The number of imidazole rings is 1. The molecule has 0 fully saturated rings. The molecule has 0 atom stereocenters. The van der Waals surface area contributed by atoms with Gasteiger partial charge in [0.15, 0.2) is 22.7 Å². The summed E-state index contributed by atoms with van der Waals surface area (Å²) in [5.74, 6) is 1.25. The predicted molar refractivity (Wildman–Crippen MR) is 126 cm³/mol. The summed E-state index contributed by atoms with van der Waals surface area (Å²) in [4.78, 5) is 32.8. The van der Waals surface area contributed by atoms with Crippen LogP contribution in [0, 0.1) is 0 Å². The predicted octanol–water partition coefficient (Wildman–Crippen LogP) is 2.92. The lowest BCUT2D eigenvalue weighted by Gasteiger charge is -2.13. The van der Waals surface area contributed by atoms with Gasteiger partial charge in [-0.05, 0) is 17.7 Å². The number of aromatic nitrogens is 4. The Morgan fingerprint density at radius 3 is 2.45 bits per heavy atom. The van der Waals surface area contributed by atoms with E-state index < -0.39 is 11.2 Å². The van der Waals surface area contributed by atoms with Crippen LogP contribution in [-0.4, -0.2) is 47.0 Å². The summed E-state index contributed by atoms with van der Waals surface area (Å²) in [7, 11) is 4.58. The molecule has 0 aliphatic rings. The summed E-state index contributed by atoms with van der Waals surface area (Å²) in [6.45, 7) is 0.915. The van der Waals surface area contributed by atoms with Gasteiger partial charge in [0.25, 0.3) is 5.56 Å². The number of H-pyrrole nitrogens is 1. The molecule has 0 bridgehead atoms. The molecule has 1 N–H and O–H groups in total. The number of nitrogens with zero attached hydrogens (tertiary/aromatic N) is 3. The van der Waals surface area contributed by atoms with Gasteiger partial charge in [0.1, 0.15) is 5.82 Å². The Bertz CT molecular complexity index is 1410. The van der Waals surface area contributed by atoms with E-state index in [4.69, 9.17) is 30.8 Å². The summed E-state index contributed by atoms with van der Waals surface area (Å²) in [5.41, 5.74) is 0.969. The molecule has 2 aromatic heterocycles. The Kier molecular flexibility index (Phi) is 6.52. The summed E-state index contributed by atoms with van der Waals surface area (Å²) in [6, 6.07) is 12.9. The van der Waals surface area contributed by atoms with Gasteiger partial charge in [-0.2, -0.15) is 0 Å². The zero-order valence-corrected chi connectivity index (χ0v) is 19.2. The van der Waals surface area contributed by atoms with Crippen molar-refractivity contribution < 1.29 is 14.2 Å². The van der Waals surface area contributed by atoms with Gasteiger partial charge >= 0.3 is 5.69 Å². The minimum atomic E-state index is -0.537. The quantitative estimate of drug-likeness (QED) is 0.425. The van der Waals surface area contributed by atoms with E-state index in [0.717, 1.165) is 5.56 Å². The van der Waals surface area contributed by atoms with Crippen molar-refractivity contribution in [1.82, 2.24) is 19.1 Å². The van der Waals surface area contributed by atoms with Gasteiger partial charge < -0.3 is 18.8 Å². The molecule has 172 valence electrons. The normalized spacial score (nSPS) is 11.2. The largest absolute Gasteiger partial charge is 0.493 e. The molecule has 4 rings (SSSR count). The van der Waals surface area contributed by atoms with Crippen LogP contribution in [0.25, 0.3) is 22.6 Å². The van der Waals surface area contributed by atoms with Crippen molar-refractivity contribution in [3.63, 3.8) is 0 Å². The number of halogens is 1. The van der Waals surface area contributed by atoms with E-state index in [2.05, 4.69) is 4.98 Å². The lowest BCUT2D eigenvalue weighted by atomic mass is 10.2. The molecule has 0 amide bonds. The Morgan fingerprint density at radius 2 is 1.79 bits per heavy atom. The second-order valence-corrected chi connectivity index (χ2v) is 7.68. The van der Waals surface area contributed by atoms with Crippen LogP contribution >= 0.6 is 11.6 Å². The Balaban J connectivity index is 2.00. The molecule has 0 aliphatic carbocycles. The van der Waals surface area contributed by atoms with Crippen LogP contribution in [0.15, 0.2) is 52.1 Å². The highest BCUT2D eigenvalue weighted by Crippen LogP contribution is 2.39. The Hall–Kier alpha value is -3.56. The van der Waals surface area contributed by atoms with Crippen molar-refractivity contribution in [2.45, 2.75) is 13.1 Å². The molecule has 0 spiro atoms. The van der Waals surface area contributed by atoms with Crippen LogP contribution in [0.1, 0.15) is 5.56 Å². The van der Waals surface area contributed by atoms with Crippen molar-refractivity contribution in [1.29, 1.82) is 0 Å². The lowest BCUT2D eigenvalue weighted by molar-refractivity contribution is 0.188. The smallest absolute Gasteiger partial charge is 0.330 e. The second kappa shape index (κ2) is 9.51. The van der Waals surface area contributed by atoms with Gasteiger partial charge in [-0.15, -0.1) is 0 Å². The van der Waals surface area contributed by atoms with E-state index in [1.165, 1.54) is 18.8 Å². The minimum Gasteiger partial charge on any atom is -0.493 e. The number of aromatic amines is 1. The van der Waals surface area contributed by atoms with E-state index >= 15 is 0 Å². The maximum Gasteiger partial charge on any atom is 0.330 e. The molecule has 2 heterocycles. The summed E-state index contributed by atoms with van der Waals surface area (Å²) in [5, 5.41) is 0.327. The SMILES string of the molecule is COCCn1c(-c2cc(Cl)c(OC)c(OC)c2)nc2c1c(=O)[nH]c(=O)n2Cc1ccccc1. The molecule has 0 unspecified atom stereocenters. The number of nitrogens with one attached hydrogen (secondary N) is 1. The average Bonchev–Trinajstić information content (AvgIpc) is 3.20. The van der Waals surface area contributed by atoms with Gasteiger partial charge in [0, 0.05) is 19.2 Å². The van der Waals surface area contributed by atoms with Gasteiger partial charge in [-0.1, -0.05) is 41.9 Å². The molecular formula is C23H23ClN4O5. The fourth-order valence-corrected chi connectivity index (χ4v) is 4.04. The minimum absolute atomic E-state index is 0.250. The number of hydrogen-bond donors (Lipinski definition) is 1. The average molecular weight is 471 g/mol. The first-order chi connectivity index (χ1) is 16.0. The van der Waals surface area contributed by atoms with Crippen molar-refractivity contribution in [2.75, 3.05) is 27.9 Å². The topological polar surface area (TPSA) is 100 Å². The number of rotatable bonds is 8. The van der Waals surface area contributed by atoms with E-state index in [9.17, 15) is 9.59 Å². The highest BCUT2D eigenvalue weighted by molar-refractivity contribution is 6.32. The first-order valence-corrected chi connectivity index (χ1v) is 10.5. The maximum atomic E-state index is 12.9. The third-order valence-electron chi connectivity index (χ3n) is 5.28. The lowest BCUT2D eigenvalue weighted by Crippen LogP contribution is -2.31. The van der Waals surface area contributed by atoms with Crippen LogP contribution in [0.4, 0.5) is 0 Å². The third-order valence-corrected chi connectivity index (χ3v) is 5.56. The molecule has 0 saturated heterocycles. The molecule has 0 aliphatic heterocycles. The van der Waals surface area contributed by atoms with Gasteiger partial charge in [0.2, 0.25) is 0 Å². The van der Waals surface area contributed by atoms with E-state index in [-0.39, 0.29) is 17.7 Å². The van der Waals surface area contributed by atoms with Crippen molar-refractivity contribution in [3.05, 3.63) is 73.9 Å². The number of ether oxygens (including phenoxy) is 3. The van der Waals surface area contributed by atoms with Crippen molar-refractivity contribution in [3.8, 4) is 22.9 Å². The number of benzene rings is 2. The highest BCUT2D eigenvalue weighted by atomic mass is 35.5. The first-order valence-electron chi connectivity index (χ1n) is 10.2. The summed E-state index contributed by atoms with van der Waals surface area (Å²) >= 11 is 6.42. The maximum absolute atomic E-state index is 12.9. The van der Waals surface area contributed by atoms with E-state index in [0.29, 0.717) is 41.1 Å². The van der Waals surface area contributed by atoms with Crippen LogP contribution in [0.3, 0.4) is 0 Å². The van der Waals surface area contributed by atoms with Crippen molar-refractivity contribution >= 4 is 22.8 Å². The number of methoxy groups -OCH3 is 3. The first kappa shape index (κ1) is 22.6. The Labute approximate surface area is 194 Å². The zero-order chi connectivity index (χ0) is 23.5. The van der Waals surface area contributed by atoms with Crippen LogP contribution < -0.4 is 20.7 Å². The van der Waals surface area contributed by atoms with Gasteiger partial charge in [0.05, 0.1) is 32.4 Å². The molecule has 2 aromatic carbocycles. The van der Waals surface area contributed by atoms with E-state index in [1.54, 1.807) is 23.8 Å². The van der Waals surface area contributed by atoms with Crippen LogP contribution in [-0.2, 0) is 17.8 Å². The molecule has 9 nitrogen and oxygen atoms in total. The molecule has 0 saturated carbocycles. The summed E-state index contributed by atoms with van der Waals surface area (Å²) in [6.07, 6.45) is 0. The fourth-order valence-electron chi connectivity index (χ4n) is 3.75. The summed E-state index contributed by atoms with van der Waals surface area (Å²) < 4.78 is 19.2. The highest BCUT2D eigenvalue weighted by Gasteiger charge is 2.22. The molecule has 0 radical (unpaired) electrons. The monoisotopic (exact) mass is 470 g/mol. The Morgan fingerprint density at radius 1 is 1.03 bits per heavy atom.